The number of anilines is 1. The van der Waals surface area contributed by atoms with Gasteiger partial charge in [0.25, 0.3) is 5.56 Å². The molecule has 2 atom stereocenters. The Morgan fingerprint density at radius 1 is 1.27 bits per heavy atom. The number of hydrogen-bond donors (Lipinski definition) is 1. The molecule has 0 saturated carbocycles. The highest BCUT2D eigenvalue weighted by Crippen LogP contribution is 2.20. The summed E-state index contributed by atoms with van der Waals surface area (Å²) >= 11 is 0. The van der Waals surface area contributed by atoms with Crippen LogP contribution in [0.1, 0.15) is 37.0 Å². The minimum absolute atomic E-state index is 0.0602. The molecule has 2 heterocycles. The van der Waals surface area contributed by atoms with Crippen molar-refractivity contribution < 1.29 is 4.79 Å². The number of Topliss-reactive ketones (excluding diaryl/α,β-unsaturated/α-hetero) is 1. The highest BCUT2D eigenvalue weighted by Gasteiger charge is 2.30. The molecule has 1 aliphatic heterocycles. The fourth-order valence-corrected chi connectivity index (χ4v) is 3.04. The molecule has 1 saturated heterocycles. The van der Waals surface area contributed by atoms with Gasteiger partial charge in [-0.1, -0.05) is 6.92 Å². The molecule has 1 aromatic rings. The van der Waals surface area contributed by atoms with Crippen LogP contribution in [0.2, 0.25) is 0 Å². The van der Waals surface area contributed by atoms with Gasteiger partial charge in [-0.2, -0.15) is 0 Å². The van der Waals surface area contributed by atoms with Crippen molar-refractivity contribution in [1.82, 2.24) is 14.0 Å². The second-order valence-corrected chi connectivity index (χ2v) is 6.25. The fraction of sp³-hybridized carbons (Fsp3) is 0.667. The minimum Gasteiger partial charge on any atom is -0.384 e. The van der Waals surface area contributed by atoms with E-state index in [-0.39, 0.29) is 17.2 Å². The molecule has 7 heteroatoms. The Labute approximate surface area is 129 Å². The molecule has 0 bridgehead atoms. The van der Waals surface area contributed by atoms with E-state index in [0.717, 1.165) is 35.1 Å². The zero-order valence-corrected chi connectivity index (χ0v) is 13.6. The van der Waals surface area contributed by atoms with Crippen molar-refractivity contribution in [3.8, 4) is 0 Å². The monoisotopic (exact) mass is 308 g/mol. The normalized spacial score (nSPS) is 20.8. The van der Waals surface area contributed by atoms with E-state index in [9.17, 15) is 14.4 Å². The molecule has 2 N–H and O–H groups in total. The van der Waals surface area contributed by atoms with Gasteiger partial charge in [0, 0.05) is 20.6 Å². The van der Waals surface area contributed by atoms with Crippen LogP contribution in [0.15, 0.2) is 9.59 Å². The Morgan fingerprint density at radius 2 is 1.91 bits per heavy atom. The lowest BCUT2D eigenvalue weighted by atomic mass is 9.96. The number of aromatic nitrogens is 2. The van der Waals surface area contributed by atoms with Crippen LogP contribution < -0.4 is 17.0 Å². The number of likely N-dealkylation sites (tertiary alicyclic amines) is 1. The standard InChI is InChI=1S/C15H24N4O3/c1-9-6-5-7-19(8-9)10(2)12(20)11-13(16)17(3)15(22)18(4)14(11)21/h9-10H,5-8,16H2,1-4H3. The molecule has 0 radical (unpaired) electrons. The molecule has 0 aliphatic carbocycles. The first-order valence-electron chi connectivity index (χ1n) is 7.59. The Bertz CT molecular complexity index is 704. The molecule has 1 aliphatic rings. The SMILES string of the molecule is CC1CCCN(C(C)C(=O)c2c(N)n(C)c(=O)n(C)c2=O)C1. The predicted molar refractivity (Wildman–Crippen MR) is 85.1 cm³/mol. The summed E-state index contributed by atoms with van der Waals surface area (Å²) in [7, 11) is 2.82. The van der Waals surface area contributed by atoms with Crippen LogP contribution in [0.5, 0.6) is 0 Å². The summed E-state index contributed by atoms with van der Waals surface area (Å²) in [6.07, 6.45) is 2.20. The Balaban J connectivity index is 2.42. The van der Waals surface area contributed by atoms with Gasteiger partial charge in [0.2, 0.25) is 0 Å². The molecule has 1 fully saturated rings. The van der Waals surface area contributed by atoms with E-state index in [4.69, 9.17) is 5.73 Å². The summed E-state index contributed by atoms with van der Waals surface area (Å²) in [6.45, 7) is 5.62. The molecule has 22 heavy (non-hydrogen) atoms. The predicted octanol–water partition coefficient (Wildman–Crippen LogP) is -0.0307. The van der Waals surface area contributed by atoms with Crippen LogP contribution in [-0.4, -0.2) is 38.9 Å². The summed E-state index contributed by atoms with van der Waals surface area (Å²) < 4.78 is 2.06. The molecule has 2 rings (SSSR count). The zero-order chi connectivity index (χ0) is 16.6. The number of carbonyl (C=O) groups is 1. The molecular weight excluding hydrogens is 284 g/mol. The topological polar surface area (TPSA) is 90.3 Å². The molecule has 1 aromatic heterocycles. The first-order valence-corrected chi connectivity index (χ1v) is 7.59. The van der Waals surface area contributed by atoms with E-state index in [1.165, 1.54) is 14.1 Å². The average molecular weight is 308 g/mol. The Hall–Kier alpha value is -1.89. The molecule has 2 unspecified atom stereocenters. The zero-order valence-electron chi connectivity index (χ0n) is 13.6. The van der Waals surface area contributed by atoms with E-state index in [1.807, 2.05) is 0 Å². The number of ketones is 1. The largest absolute Gasteiger partial charge is 0.384 e. The second-order valence-electron chi connectivity index (χ2n) is 6.25. The highest BCUT2D eigenvalue weighted by molar-refractivity contribution is 6.03. The van der Waals surface area contributed by atoms with Gasteiger partial charge < -0.3 is 5.73 Å². The molecule has 0 amide bonds. The maximum atomic E-state index is 12.8. The second kappa shape index (κ2) is 6.08. The van der Waals surface area contributed by atoms with Crippen LogP contribution in [0.3, 0.4) is 0 Å². The highest BCUT2D eigenvalue weighted by atomic mass is 16.2. The number of nitrogens with two attached hydrogens (primary N) is 1. The third-order valence-electron chi connectivity index (χ3n) is 4.57. The van der Waals surface area contributed by atoms with Crippen LogP contribution in [0.4, 0.5) is 5.82 Å². The summed E-state index contributed by atoms with van der Waals surface area (Å²) in [5.74, 6) is 0.155. The van der Waals surface area contributed by atoms with Gasteiger partial charge in [-0.3, -0.25) is 23.6 Å². The number of piperidine rings is 1. The Kier molecular flexibility index (Phi) is 4.55. The van der Waals surface area contributed by atoms with Gasteiger partial charge >= 0.3 is 5.69 Å². The van der Waals surface area contributed by atoms with Crippen molar-refractivity contribution in [3.05, 3.63) is 26.4 Å². The molecular formula is C15H24N4O3. The smallest absolute Gasteiger partial charge is 0.332 e. The van der Waals surface area contributed by atoms with Crippen LogP contribution in [0.25, 0.3) is 0 Å². The van der Waals surface area contributed by atoms with Crippen molar-refractivity contribution in [3.63, 3.8) is 0 Å². The van der Waals surface area contributed by atoms with Crippen molar-refractivity contribution in [2.45, 2.75) is 32.7 Å². The first kappa shape index (κ1) is 16.5. The third-order valence-corrected chi connectivity index (χ3v) is 4.57. The minimum atomic E-state index is -0.623. The van der Waals surface area contributed by atoms with Crippen LogP contribution in [-0.2, 0) is 14.1 Å². The maximum Gasteiger partial charge on any atom is 0.332 e. The lowest BCUT2D eigenvalue weighted by Crippen LogP contribution is -2.48. The third kappa shape index (κ3) is 2.72. The van der Waals surface area contributed by atoms with Gasteiger partial charge in [0.15, 0.2) is 5.78 Å². The number of carbonyl (C=O) groups excluding carboxylic acids is 1. The van der Waals surface area contributed by atoms with Gasteiger partial charge in [-0.05, 0) is 32.2 Å². The Morgan fingerprint density at radius 3 is 2.50 bits per heavy atom. The molecule has 122 valence electrons. The van der Waals surface area contributed by atoms with Crippen molar-refractivity contribution in [2.75, 3.05) is 18.8 Å². The van der Waals surface area contributed by atoms with Gasteiger partial charge in [-0.25, -0.2) is 4.79 Å². The average Bonchev–Trinajstić information content (AvgIpc) is 2.50. The van der Waals surface area contributed by atoms with E-state index in [1.54, 1.807) is 6.92 Å². The quantitative estimate of drug-likeness (QED) is 0.792. The lowest BCUT2D eigenvalue weighted by molar-refractivity contribution is 0.0763. The van der Waals surface area contributed by atoms with Crippen LogP contribution >= 0.6 is 0 Å². The lowest BCUT2D eigenvalue weighted by Gasteiger charge is -2.34. The van der Waals surface area contributed by atoms with E-state index >= 15 is 0 Å². The van der Waals surface area contributed by atoms with Gasteiger partial charge in [-0.15, -0.1) is 0 Å². The molecule has 0 aromatic carbocycles. The van der Waals surface area contributed by atoms with Crippen molar-refractivity contribution in [1.29, 1.82) is 0 Å². The fourth-order valence-electron chi connectivity index (χ4n) is 3.04. The van der Waals surface area contributed by atoms with Gasteiger partial charge in [0.05, 0.1) is 6.04 Å². The number of hydrogen-bond acceptors (Lipinski definition) is 5. The van der Waals surface area contributed by atoms with Crippen molar-refractivity contribution in [2.24, 2.45) is 20.0 Å². The van der Waals surface area contributed by atoms with Crippen LogP contribution in [0, 0.1) is 5.92 Å². The number of nitrogen functional groups attached to an aromatic ring is 1. The molecule has 7 nitrogen and oxygen atoms in total. The first-order chi connectivity index (χ1) is 10.3. The van der Waals surface area contributed by atoms with Gasteiger partial charge in [0.1, 0.15) is 11.4 Å². The number of rotatable bonds is 3. The van der Waals surface area contributed by atoms with E-state index in [0.29, 0.717) is 5.92 Å². The molecule has 0 spiro atoms. The maximum absolute atomic E-state index is 12.8. The number of nitrogens with zero attached hydrogens (tertiary/aromatic N) is 3. The van der Waals surface area contributed by atoms with E-state index < -0.39 is 17.3 Å². The summed E-state index contributed by atoms with van der Waals surface area (Å²) in [5.41, 5.74) is 4.62. The van der Waals surface area contributed by atoms with Crippen molar-refractivity contribution >= 4 is 11.6 Å². The van der Waals surface area contributed by atoms with E-state index in [2.05, 4.69) is 11.8 Å². The summed E-state index contributed by atoms with van der Waals surface area (Å²) in [4.78, 5) is 39.0. The summed E-state index contributed by atoms with van der Waals surface area (Å²) in [6, 6.07) is -0.421. The summed E-state index contributed by atoms with van der Waals surface area (Å²) in [5, 5.41) is 0.